The Bertz CT molecular complexity index is 967. The van der Waals surface area contributed by atoms with Gasteiger partial charge in [0, 0.05) is 30.2 Å². The van der Waals surface area contributed by atoms with Crippen molar-refractivity contribution in [1.29, 1.82) is 5.26 Å². The van der Waals surface area contributed by atoms with Gasteiger partial charge < -0.3 is 24.8 Å². The Kier molecular flexibility index (Phi) is 8.42. The molecule has 2 N–H and O–H groups in total. The van der Waals surface area contributed by atoms with Gasteiger partial charge in [-0.3, -0.25) is 4.79 Å². The van der Waals surface area contributed by atoms with Gasteiger partial charge in [-0.25, -0.2) is 0 Å². The fourth-order valence-corrected chi connectivity index (χ4v) is 3.52. The van der Waals surface area contributed by atoms with Gasteiger partial charge in [0.25, 0.3) is 5.91 Å². The van der Waals surface area contributed by atoms with E-state index in [2.05, 4.69) is 35.3 Å². The van der Waals surface area contributed by atoms with Gasteiger partial charge in [-0.05, 0) is 42.5 Å². The highest BCUT2D eigenvalue weighted by atomic mass is 16.5. The summed E-state index contributed by atoms with van der Waals surface area (Å²) in [4.78, 5) is 14.7. The molecule has 164 valence electrons. The molecule has 0 spiro atoms. The van der Waals surface area contributed by atoms with Crippen molar-refractivity contribution in [2.45, 2.75) is 19.4 Å². The summed E-state index contributed by atoms with van der Waals surface area (Å²) in [6.07, 6.45) is 2.81. The van der Waals surface area contributed by atoms with Crippen LogP contribution < -0.4 is 10.2 Å². The minimum absolute atomic E-state index is 0.0186. The molecule has 1 atom stereocenters. The SMILES string of the molecule is CC1CCN1c1cccc2ccc(/C=C(\C#N)C(=O)NCCOCCOCCO)cc12. The largest absolute Gasteiger partial charge is 0.394 e. The number of carbonyl (C=O) groups excluding carboxylic acids is 1. The number of benzene rings is 2. The minimum Gasteiger partial charge on any atom is -0.394 e. The van der Waals surface area contributed by atoms with Gasteiger partial charge in [0.2, 0.25) is 0 Å². The van der Waals surface area contributed by atoms with E-state index >= 15 is 0 Å². The lowest BCUT2D eigenvalue weighted by Gasteiger charge is -2.41. The number of fused-ring (bicyclic) bond motifs is 1. The summed E-state index contributed by atoms with van der Waals surface area (Å²) in [5.41, 5.74) is 2.06. The van der Waals surface area contributed by atoms with Gasteiger partial charge in [-0.1, -0.05) is 24.3 Å². The lowest BCUT2D eigenvalue weighted by atomic mass is 9.98. The topological polar surface area (TPSA) is 94.8 Å². The van der Waals surface area contributed by atoms with Gasteiger partial charge >= 0.3 is 0 Å². The van der Waals surface area contributed by atoms with Crippen molar-refractivity contribution in [3.05, 3.63) is 47.5 Å². The summed E-state index contributed by atoms with van der Waals surface area (Å²) in [5.74, 6) is -0.424. The van der Waals surface area contributed by atoms with Gasteiger partial charge in [0.15, 0.2) is 0 Å². The van der Waals surface area contributed by atoms with Crippen LogP contribution in [-0.2, 0) is 14.3 Å². The van der Waals surface area contributed by atoms with Crippen LogP contribution in [-0.4, -0.2) is 63.2 Å². The van der Waals surface area contributed by atoms with Crippen molar-refractivity contribution in [3.63, 3.8) is 0 Å². The lowest BCUT2D eigenvalue weighted by Crippen LogP contribution is -2.45. The Hall–Kier alpha value is -2.92. The second kappa shape index (κ2) is 11.5. The Labute approximate surface area is 182 Å². The van der Waals surface area contributed by atoms with Crippen LogP contribution in [0.3, 0.4) is 0 Å². The minimum atomic E-state index is -0.424. The van der Waals surface area contributed by atoms with E-state index in [1.54, 1.807) is 6.08 Å². The van der Waals surface area contributed by atoms with Crippen LogP contribution in [0.25, 0.3) is 16.8 Å². The number of nitriles is 1. The molecule has 7 nitrogen and oxygen atoms in total. The summed E-state index contributed by atoms with van der Waals surface area (Å²) in [6, 6.07) is 14.8. The third-order valence-electron chi connectivity index (χ3n) is 5.33. The van der Waals surface area contributed by atoms with Crippen LogP contribution in [0.5, 0.6) is 0 Å². The third kappa shape index (κ3) is 6.05. The third-order valence-corrected chi connectivity index (χ3v) is 5.33. The molecule has 1 fully saturated rings. The molecular weight excluding hydrogens is 394 g/mol. The maximum absolute atomic E-state index is 12.4. The fraction of sp³-hybridized carbons (Fsp3) is 0.417. The molecule has 1 aliphatic rings. The molecule has 1 unspecified atom stereocenters. The smallest absolute Gasteiger partial charge is 0.262 e. The van der Waals surface area contributed by atoms with Crippen molar-refractivity contribution in [1.82, 2.24) is 5.32 Å². The molecule has 3 rings (SSSR count). The molecular formula is C24H29N3O4. The molecule has 31 heavy (non-hydrogen) atoms. The van der Waals surface area contributed by atoms with E-state index in [1.807, 2.05) is 24.3 Å². The van der Waals surface area contributed by atoms with Gasteiger partial charge in [-0.15, -0.1) is 0 Å². The van der Waals surface area contributed by atoms with E-state index in [4.69, 9.17) is 14.6 Å². The lowest BCUT2D eigenvalue weighted by molar-refractivity contribution is -0.117. The maximum Gasteiger partial charge on any atom is 0.262 e. The first-order chi connectivity index (χ1) is 15.1. The monoisotopic (exact) mass is 423 g/mol. The zero-order chi connectivity index (χ0) is 22.1. The van der Waals surface area contributed by atoms with Crippen molar-refractivity contribution >= 4 is 28.4 Å². The van der Waals surface area contributed by atoms with Crippen LogP contribution in [0.4, 0.5) is 5.69 Å². The van der Waals surface area contributed by atoms with Crippen LogP contribution in [0.1, 0.15) is 18.9 Å². The first-order valence-corrected chi connectivity index (χ1v) is 10.6. The first-order valence-electron chi connectivity index (χ1n) is 10.6. The average molecular weight is 424 g/mol. The van der Waals surface area contributed by atoms with Crippen LogP contribution in [0.2, 0.25) is 0 Å². The van der Waals surface area contributed by atoms with E-state index in [0.717, 1.165) is 22.9 Å². The highest BCUT2D eigenvalue weighted by Crippen LogP contribution is 2.33. The second-order valence-electron chi connectivity index (χ2n) is 7.46. The molecule has 0 radical (unpaired) electrons. The van der Waals surface area contributed by atoms with E-state index < -0.39 is 5.91 Å². The van der Waals surface area contributed by atoms with Crippen LogP contribution in [0.15, 0.2) is 42.0 Å². The summed E-state index contributed by atoms with van der Waals surface area (Å²) in [6.45, 7) is 4.91. The zero-order valence-electron chi connectivity index (χ0n) is 17.8. The molecule has 1 saturated heterocycles. The molecule has 0 bridgehead atoms. The summed E-state index contributed by atoms with van der Waals surface area (Å²) in [7, 11) is 0. The van der Waals surface area contributed by atoms with Crippen molar-refractivity contribution in [2.75, 3.05) is 51.0 Å². The van der Waals surface area contributed by atoms with Gasteiger partial charge in [0.05, 0.1) is 33.0 Å². The fourth-order valence-electron chi connectivity index (χ4n) is 3.52. The molecule has 0 aromatic heterocycles. The quantitative estimate of drug-likeness (QED) is 0.328. The first kappa shape index (κ1) is 22.8. The van der Waals surface area contributed by atoms with Crippen molar-refractivity contribution in [3.8, 4) is 6.07 Å². The molecule has 1 aliphatic heterocycles. The Morgan fingerprint density at radius 3 is 2.74 bits per heavy atom. The number of amides is 1. The number of rotatable bonds is 11. The standard InChI is InChI=1S/C24H29N3O4/c1-18-7-9-27(18)23-4-2-3-20-6-5-19(16-22(20)23)15-21(17-25)24(29)26-8-11-30-13-14-31-12-10-28/h2-6,15-16,18,28H,7-14H2,1H3,(H,26,29)/b21-15+. The Balaban J connectivity index is 1.61. The number of anilines is 1. The van der Waals surface area contributed by atoms with Crippen molar-refractivity contribution < 1.29 is 19.4 Å². The highest BCUT2D eigenvalue weighted by molar-refractivity contribution is 6.03. The molecule has 7 heteroatoms. The maximum atomic E-state index is 12.4. The van der Waals surface area contributed by atoms with E-state index in [0.29, 0.717) is 32.4 Å². The number of ether oxygens (including phenoxy) is 2. The Morgan fingerprint density at radius 2 is 2.06 bits per heavy atom. The average Bonchev–Trinajstić information content (AvgIpc) is 2.78. The zero-order valence-corrected chi connectivity index (χ0v) is 17.8. The van der Waals surface area contributed by atoms with E-state index in [9.17, 15) is 10.1 Å². The normalized spacial score (nSPS) is 16.1. The molecule has 1 heterocycles. The molecule has 2 aromatic rings. The number of hydrogen-bond donors (Lipinski definition) is 2. The molecule has 2 aromatic carbocycles. The van der Waals surface area contributed by atoms with Gasteiger partial charge in [-0.2, -0.15) is 5.26 Å². The summed E-state index contributed by atoms with van der Waals surface area (Å²) in [5, 5.41) is 23.0. The number of carbonyl (C=O) groups is 1. The van der Waals surface area contributed by atoms with Crippen LogP contribution >= 0.6 is 0 Å². The molecule has 0 aliphatic carbocycles. The number of nitrogens with one attached hydrogen (secondary N) is 1. The number of aliphatic hydroxyl groups excluding tert-OH is 1. The number of nitrogens with zero attached hydrogens (tertiary/aromatic N) is 2. The second-order valence-corrected chi connectivity index (χ2v) is 7.46. The highest BCUT2D eigenvalue weighted by Gasteiger charge is 2.24. The Morgan fingerprint density at radius 1 is 1.26 bits per heavy atom. The number of aliphatic hydroxyl groups is 1. The van der Waals surface area contributed by atoms with Crippen LogP contribution in [0, 0.1) is 11.3 Å². The summed E-state index contributed by atoms with van der Waals surface area (Å²) < 4.78 is 10.4. The molecule has 0 saturated carbocycles. The number of hydrogen-bond acceptors (Lipinski definition) is 6. The summed E-state index contributed by atoms with van der Waals surface area (Å²) >= 11 is 0. The van der Waals surface area contributed by atoms with E-state index in [1.165, 1.54) is 12.1 Å². The predicted octanol–water partition coefficient (Wildman–Crippen LogP) is 2.49. The molecule has 1 amide bonds. The van der Waals surface area contributed by atoms with Gasteiger partial charge in [0.1, 0.15) is 11.6 Å². The van der Waals surface area contributed by atoms with Crippen molar-refractivity contribution in [2.24, 2.45) is 0 Å². The van der Waals surface area contributed by atoms with E-state index in [-0.39, 0.29) is 18.8 Å². The predicted molar refractivity (Wildman–Crippen MR) is 121 cm³/mol.